The zero-order chi connectivity index (χ0) is 18.5. The van der Waals surface area contributed by atoms with Crippen LogP contribution in [-0.4, -0.2) is 47.3 Å². The summed E-state index contributed by atoms with van der Waals surface area (Å²) in [5, 5.41) is 15.0. The SMILES string of the molecule is OCCOc1cccc(CN2CC[C@@H](Nc3cccc4cnccc34)C2)c1.[Cl-].[H+]. The number of aliphatic hydroxyl groups excluding tert-OH is 1. The van der Waals surface area contributed by atoms with E-state index in [1.807, 2.05) is 24.5 Å². The highest BCUT2D eigenvalue weighted by Crippen LogP contribution is 2.25. The Balaban J connectivity index is 0.00000150. The lowest BCUT2D eigenvalue weighted by Crippen LogP contribution is -3.00. The molecule has 1 aliphatic heterocycles. The van der Waals surface area contributed by atoms with E-state index in [0.717, 1.165) is 37.2 Å². The van der Waals surface area contributed by atoms with E-state index in [-0.39, 0.29) is 20.4 Å². The third-order valence-electron chi connectivity index (χ3n) is 4.98. The van der Waals surface area contributed by atoms with E-state index >= 15 is 0 Å². The number of aromatic nitrogens is 1. The molecule has 2 N–H and O–H groups in total. The van der Waals surface area contributed by atoms with Crippen LogP contribution < -0.4 is 22.5 Å². The van der Waals surface area contributed by atoms with Crippen LogP contribution in [0.4, 0.5) is 5.69 Å². The van der Waals surface area contributed by atoms with Crippen molar-refractivity contribution in [3.63, 3.8) is 0 Å². The van der Waals surface area contributed by atoms with Crippen molar-refractivity contribution in [1.82, 2.24) is 9.88 Å². The number of rotatable bonds is 7. The van der Waals surface area contributed by atoms with Gasteiger partial charge in [-0.05, 0) is 36.2 Å². The number of aliphatic hydroxyl groups is 1. The first kappa shape index (κ1) is 20.4. The number of hydrogen-bond acceptors (Lipinski definition) is 5. The minimum absolute atomic E-state index is 0. The highest BCUT2D eigenvalue weighted by Gasteiger charge is 2.22. The second kappa shape index (κ2) is 9.73. The number of nitrogens with zero attached hydrogens (tertiary/aromatic N) is 2. The molecule has 1 aliphatic rings. The zero-order valence-corrected chi connectivity index (χ0v) is 16.5. The van der Waals surface area contributed by atoms with Gasteiger partial charge in [0.1, 0.15) is 12.4 Å². The average Bonchev–Trinajstić information content (AvgIpc) is 3.14. The van der Waals surface area contributed by atoms with Crippen LogP contribution in [0.3, 0.4) is 0 Å². The zero-order valence-electron chi connectivity index (χ0n) is 16.7. The van der Waals surface area contributed by atoms with Gasteiger partial charge >= 0.3 is 1.43 Å². The predicted molar refractivity (Wildman–Crippen MR) is 109 cm³/mol. The van der Waals surface area contributed by atoms with Gasteiger partial charge < -0.3 is 27.6 Å². The van der Waals surface area contributed by atoms with E-state index in [1.165, 1.54) is 16.6 Å². The van der Waals surface area contributed by atoms with Crippen molar-refractivity contribution in [1.29, 1.82) is 0 Å². The molecule has 0 radical (unpaired) electrons. The summed E-state index contributed by atoms with van der Waals surface area (Å²) in [6.45, 7) is 3.37. The summed E-state index contributed by atoms with van der Waals surface area (Å²) in [5.41, 5.74) is 2.42. The second-order valence-corrected chi connectivity index (χ2v) is 6.99. The van der Waals surface area contributed by atoms with Crippen LogP contribution in [0.2, 0.25) is 0 Å². The van der Waals surface area contributed by atoms with Crippen LogP contribution in [0.25, 0.3) is 10.8 Å². The molecular formula is C22H26ClN3O2. The average molecular weight is 400 g/mol. The van der Waals surface area contributed by atoms with Gasteiger partial charge in [-0.15, -0.1) is 0 Å². The summed E-state index contributed by atoms with van der Waals surface area (Å²) >= 11 is 0. The second-order valence-electron chi connectivity index (χ2n) is 6.99. The Morgan fingerprint density at radius 2 is 2.11 bits per heavy atom. The van der Waals surface area contributed by atoms with Crippen molar-refractivity contribution in [2.75, 3.05) is 31.6 Å². The standard InChI is InChI=1S/C22H25N3O2.ClH/c26-11-12-27-20-5-1-3-17(13-20)15-25-10-8-19(16-25)24-22-6-2-4-18-14-23-9-7-21(18)22;/h1-7,9,13-14,19,24,26H,8,10-12,15-16H2;1H/t19-;/m1./s1. The van der Waals surface area contributed by atoms with Crippen LogP contribution in [0.1, 0.15) is 13.4 Å². The third kappa shape index (κ3) is 4.93. The van der Waals surface area contributed by atoms with Crippen molar-refractivity contribution in [3.8, 4) is 5.75 Å². The fourth-order valence-corrected chi connectivity index (χ4v) is 3.72. The van der Waals surface area contributed by atoms with Crippen LogP contribution >= 0.6 is 0 Å². The first-order valence-corrected chi connectivity index (χ1v) is 9.46. The summed E-state index contributed by atoms with van der Waals surface area (Å²) in [6, 6.07) is 17.0. The lowest BCUT2D eigenvalue weighted by molar-refractivity contribution is -0.00000664. The number of hydrogen-bond donors (Lipinski definition) is 2. The number of halogens is 1. The molecule has 0 unspecified atom stereocenters. The van der Waals surface area contributed by atoms with E-state index in [9.17, 15) is 0 Å². The number of fused-ring (bicyclic) bond motifs is 1. The number of benzene rings is 2. The molecule has 0 bridgehead atoms. The van der Waals surface area contributed by atoms with E-state index in [1.54, 1.807) is 0 Å². The maximum absolute atomic E-state index is 8.90. The Labute approximate surface area is 173 Å². The van der Waals surface area contributed by atoms with Gasteiger partial charge in [0.25, 0.3) is 0 Å². The normalized spacial score (nSPS) is 16.7. The van der Waals surface area contributed by atoms with Crippen molar-refractivity contribution in [2.45, 2.75) is 19.0 Å². The fourth-order valence-electron chi connectivity index (χ4n) is 3.72. The third-order valence-corrected chi connectivity index (χ3v) is 4.98. The Morgan fingerprint density at radius 1 is 1.21 bits per heavy atom. The van der Waals surface area contributed by atoms with Gasteiger partial charge in [-0.2, -0.15) is 0 Å². The van der Waals surface area contributed by atoms with Crippen molar-refractivity contribution in [3.05, 3.63) is 66.5 Å². The summed E-state index contributed by atoms with van der Waals surface area (Å²) in [6.07, 6.45) is 4.88. The molecule has 6 heteroatoms. The molecule has 0 aliphatic carbocycles. The van der Waals surface area contributed by atoms with E-state index < -0.39 is 0 Å². The first-order valence-electron chi connectivity index (χ1n) is 9.46. The van der Waals surface area contributed by atoms with Gasteiger partial charge in [-0.1, -0.05) is 24.3 Å². The topological polar surface area (TPSA) is 57.6 Å². The molecule has 1 fully saturated rings. The quantitative estimate of drug-likeness (QED) is 0.602. The Hall–Kier alpha value is -2.34. The minimum atomic E-state index is 0. The number of likely N-dealkylation sites (tertiary alicyclic amines) is 1. The minimum Gasteiger partial charge on any atom is -1.00 e. The van der Waals surface area contributed by atoms with Gasteiger partial charge in [0.2, 0.25) is 0 Å². The van der Waals surface area contributed by atoms with Crippen molar-refractivity contribution >= 4 is 16.5 Å². The monoisotopic (exact) mass is 399 g/mol. The van der Waals surface area contributed by atoms with Crippen molar-refractivity contribution < 1.29 is 23.7 Å². The highest BCUT2D eigenvalue weighted by atomic mass is 35.5. The molecule has 2 heterocycles. The summed E-state index contributed by atoms with van der Waals surface area (Å²) in [4.78, 5) is 6.68. The highest BCUT2D eigenvalue weighted by molar-refractivity contribution is 5.93. The van der Waals surface area contributed by atoms with Crippen LogP contribution in [-0.2, 0) is 6.54 Å². The lowest BCUT2D eigenvalue weighted by Gasteiger charge is -2.18. The fraction of sp³-hybridized carbons (Fsp3) is 0.318. The van der Waals surface area contributed by atoms with E-state index in [4.69, 9.17) is 9.84 Å². The van der Waals surface area contributed by atoms with Crippen LogP contribution in [0.15, 0.2) is 60.9 Å². The van der Waals surface area contributed by atoms with Gasteiger partial charge in [0.05, 0.1) is 6.61 Å². The van der Waals surface area contributed by atoms with Crippen LogP contribution in [0.5, 0.6) is 5.75 Å². The summed E-state index contributed by atoms with van der Waals surface area (Å²) < 4.78 is 5.52. The number of nitrogens with one attached hydrogen (secondary N) is 1. The number of anilines is 1. The molecule has 0 saturated carbocycles. The Morgan fingerprint density at radius 3 is 3.00 bits per heavy atom. The molecule has 4 rings (SSSR count). The van der Waals surface area contributed by atoms with Crippen LogP contribution in [0, 0.1) is 0 Å². The van der Waals surface area contributed by atoms with Gasteiger partial charge in [-0.3, -0.25) is 9.88 Å². The maximum Gasteiger partial charge on any atom is 1.00 e. The van der Waals surface area contributed by atoms with E-state index in [2.05, 4.69) is 51.6 Å². The molecule has 0 spiro atoms. The summed E-state index contributed by atoms with van der Waals surface area (Å²) in [7, 11) is 0. The van der Waals surface area contributed by atoms with Crippen molar-refractivity contribution in [2.24, 2.45) is 0 Å². The lowest BCUT2D eigenvalue weighted by atomic mass is 10.1. The molecule has 28 heavy (non-hydrogen) atoms. The smallest absolute Gasteiger partial charge is 1.00 e. The molecule has 1 saturated heterocycles. The first-order chi connectivity index (χ1) is 13.3. The molecule has 1 aromatic heterocycles. The van der Waals surface area contributed by atoms with Gasteiger partial charge in [-0.25, -0.2) is 0 Å². The molecular weight excluding hydrogens is 374 g/mol. The molecule has 5 nitrogen and oxygen atoms in total. The largest absolute Gasteiger partial charge is 1.00 e. The number of pyridine rings is 1. The summed E-state index contributed by atoms with van der Waals surface area (Å²) in [5.74, 6) is 0.819. The van der Waals surface area contributed by atoms with Gasteiger partial charge in [0, 0.05) is 54.5 Å². The maximum atomic E-state index is 8.90. The molecule has 1 atom stereocenters. The molecule has 148 valence electrons. The Kier molecular flexibility index (Phi) is 7.09. The predicted octanol–water partition coefficient (Wildman–Crippen LogP) is 0.409. The molecule has 0 amide bonds. The molecule has 2 aromatic carbocycles. The Bertz CT molecular complexity index is 907. The molecule has 3 aromatic rings. The number of ether oxygens (including phenoxy) is 1. The van der Waals surface area contributed by atoms with Gasteiger partial charge in [0.15, 0.2) is 0 Å². The van der Waals surface area contributed by atoms with E-state index in [0.29, 0.717) is 12.6 Å².